The highest BCUT2D eigenvalue weighted by molar-refractivity contribution is 7.84. The molecule has 6 heteroatoms. The topological polar surface area (TPSA) is 67.4 Å². The summed E-state index contributed by atoms with van der Waals surface area (Å²) in [4.78, 5) is 12.1. The molecule has 0 saturated heterocycles. The molecule has 0 aliphatic rings. The summed E-state index contributed by atoms with van der Waals surface area (Å²) in [7, 11) is 0.355. The van der Waals surface area contributed by atoms with Crippen LogP contribution in [0, 0.1) is 0 Å². The maximum Gasteiger partial charge on any atom is 0.411 e. The van der Waals surface area contributed by atoms with E-state index in [0.29, 0.717) is 5.69 Å². The van der Waals surface area contributed by atoms with Crippen molar-refractivity contribution in [1.29, 1.82) is 0 Å². The van der Waals surface area contributed by atoms with E-state index in [1.165, 1.54) is 7.11 Å². The molecular formula is C17H20N2O3S. The molecule has 2 aromatic carbocycles. The van der Waals surface area contributed by atoms with Crippen molar-refractivity contribution in [2.75, 3.05) is 24.0 Å². The van der Waals surface area contributed by atoms with Crippen LogP contribution in [0.1, 0.15) is 18.5 Å². The summed E-state index contributed by atoms with van der Waals surface area (Å²) in [6.07, 6.45) is 1.16. The molecule has 0 aromatic heterocycles. The zero-order valence-corrected chi connectivity index (χ0v) is 14.1. The summed E-state index contributed by atoms with van der Waals surface area (Å²) < 4.78 is 16.0. The maximum atomic E-state index is 11.4. The highest BCUT2D eigenvalue weighted by atomic mass is 32.2. The van der Waals surface area contributed by atoms with Crippen LogP contribution in [0.3, 0.4) is 0 Å². The van der Waals surface area contributed by atoms with Crippen LogP contribution in [0.15, 0.2) is 53.4 Å². The third-order valence-corrected chi connectivity index (χ3v) is 4.33. The molecule has 0 heterocycles. The zero-order valence-electron chi connectivity index (χ0n) is 13.3. The molecule has 0 bridgehead atoms. The largest absolute Gasteiger partial charge is 0.453 e. The van der Waals surface area contributed by atoms with Gasteiger partial charge in [-0.25, -0.2) is 4.79 Å². The highest BCUT2D eigenvalue weighted by Gasteiger charge is 2.07. The average molecular weight is 332 g/mol. The van der Waals surface area contributed by atoms with Gasteiger partial charge in [0.1, 0.15) is 0 Å². The Morgan fingerprint density at radius 3 is 2.39 bits per heavy atom. The van der Waals surface area contributed by atoms with Gasteiger partial charge in [-0.3, -0.25) is 9.53 Å². The fourth-order valence-corrected chi connectivity index (χ4v) is 2.66. The molecular weight excluding hydrogens is 312 g/mol. The number of nitrogens with one attached hydrogen (secondary N) is 2. The lowest BCUT2D eigenvalue weighted by Gasteiger charge is -2.17. The number of carbonyl (C=O) groups excluding carboxylic acids is 1. The number of hydrogen-bond donors (Lipinski definition) is 2. The molecule has 0 aliphatic heterocycles. The molecule has 5 nitrogen and oxygen atoms in total. The molecule has 0 fully saturated rings. The van der Waals surface area contributed by atoms with Gasteiger partial charge >= 0.3 is 6.09 Å². The van der Waals surface area contributed by atoms with Gasteiger partial charge in [-0.05, 0) is 42.8 Å². The fourth-order valence-electron chi connectivity index (χ4n) is 2.14. The Labute approximate surface area is 138 Å². The molecule has 23 heavy (non-hydrogen) atoms. The first-order chi connectivity index (χ1) is 11.0. The number of benzene rings is 2. The Kier molecular flexibility index (Phi) is 5.76. The normalized spacial score (nSPS) is 13.0. The third kappa shape index (κ3) is 4.82. The van der Waals surface area contributed by atoms with Crippen molar-refractivity contribution >= 4 is 28.3 Å². The first-order valence-electron chi connectivity index (χ1n) is 7.14. The molecule has 0 saturated carbocycles. The number of amides is 1. The lowest BCUT2D eigenvalue weighted by atomic mass is 10.1. The predicted octanol–water partition coefficient (Wildman–Crippen LogP) is 3.78. The molecule has 122 valence electrons. The van der Waals surface area contributed by atoms with Crippen LogP contribution in [0.25, 0.3) is 0 Å². The van der Waals surface area contributed by atoms with Crippen molar-refractivity contribution < 1.29 is 13.7 Å². The van der Waals surface area contributed by atoms with Crippen molar-refractivity contribution in [3.63, 3.8) is 0 Å². The van der Waals surface area contributed by atoms with Gasteiger partial charge in [0, 0.05) is 39.4 Å². The Hall–Kier alpha value is -2.34. The maximum absolute atomic E-state index is 11.4. The summed E-state index contributed by atoms with van der Waals surface area (Å²) in [6.45, 7) is 2.04. The fraction of sp³-hybridized carbons (Fsp3) is 0.235. The van der Waals surface area contributed by atoms with Gasteiger partial charge in [0.2, 0.25) is 0 Å². The number of methoxy groups -OCH3 is 1. The summed E-state index contributed by atoms with van der Waals surface area (Å²) in [6, 6.07) is 15.1. The van der Waals surface area contributed by atoms with Crippen molar-refractivity contribution in [1.82, 2.24) is 0 Å². The molecule has 2 atom stereocenters. The SMILES string of the molecule is COC(=O)Nc1cccc(N[C@@H](C)c2ccc([S@](C)=O)cc2)c1. The van der Waals surface area contributed by atoms with E-state index in [9.17, 15) is 9.00 Å². The Morgan fingerprint density at radius 1 is 1.13 bits per heavy atom. The zero-order chi connectivity index (χ0) is 16.8. The van der Waals surface area contributed by atoms with Gasteiger partial charge < -0.3 is 10.1 Å². The van der Waals surface area contributed by atoms with Gasteiger partial charge in [-0.1, -0.05) is 18.2 Å². The van der Waals surface area contributed by atoms with Crippen molar-refractivity contribution in [3.05, 3.63) is 54.1 Å². The van der Waals surface area contributed by atoms with Gasteiger partial charge in [-0.15, -0.1) is 0 Å². The van der Waals surface area contributed by atoms with E-state index in [1.807, 2.05) is 49.4 Å². The number of anilines is 2. The van der Waals surface area contributed by atoms with Crippen LogP contribution in [-0.4, -0.2) is 23.7 Å². The van der Waals surface area contributed by atoms with Crippen LogP contribution in [-0.2, 0) is 15.5 Å². The van der Waals surface area contributed by atoms with Crippen molar-refractivity contribution in [2.24, 2.45) is 0 Å². The van der Waals surface area contributed by atoms with Crippen LogP contribution in [0.4, 0.5) is 16.2 Å². The van der Waals surface area contributed by atoms with E-state index in [4.69, 9.17) is 0 Å². The average Bonchev–Trinajstić information content (AvgIpc) is 2.55. The van der Waals surface area contributed by atoms with Crippen molar-refractivity contribution in [3.8, 4) is 0 Å². The van der Waals surface area contributed by atoms with E-state index >= 15 is 0 Å². The van der Waals surface area contributed by atoms with Crippen LogP contribution in [0.2, 0.25) is 0 Å². The minimum atomic E-state index is -0.971. The van der Waals surface area contributed by atoms with Crippen LogP contribution < -0.4 is 10.6 Å². The van der Waals surface area contributed by atoms with E-state index < -0.39 is 16.9 Å². The van der Waals surface area contributed by atoms with Gasteiger partial charge in [-0.2, -0.15) is 0 Å². The first-order valence-corrected chi connectivity index (χ1v) is 8.70. The second-order valence-corrected chi connectivity index (χ2v) is 6.47. The second kappa shape index (κ2) is 7.78. The van der Waals surface area contributed by atoms with Crippen LogP contribution in [0.5, 0.6) is 0 Å². The predicted molar refractivity (Wildman–Crippen MR) is 93.3 cm³/mol. The molecule has 1 amide bonds. The minimum Gasteiger partial charge on any atom is -0.453 e. The van der Waals surface area contributed by atoms with Gasteiger partial charge in [0.15, 0.2) is 0 Å². The summed E-state index contributed by atoms with van der Waals surface area (Å²) in [5.41, 5.74) is 2.63. The monoisotopic (exact) mass is 332 g/mol. The molecule has 0 radical (unpaired) electrons. The van der Waals surface area contributed by atoms with Crippen molar-refractivity contribution in [2.45, 2.75) is 17.9 Å². The minimum absolute atomic E-state index is 0.0720. The molecule has 2 aromatic rings. The summed E-state index contributed by atoms with van der Waals surface area (Å²) in [5, 5.41) is 6.00. The first kappa shape index (κ1) is 17.0. The van der Waals surface area contributed by atoms with Gasteiger partial charge in [0.05, 0.1) is 7.11 Å². The molecule has 0 spiro atoms. The number of carbonyl (C=O) groups is 1. The third-order valence-electron chi connectivity index (χ3n) is 3.39. The standard InChI is InChI=1S/C17H20N2O3S/c1-12(13-7-9-16(10-8-13)23(3)21)18-14-5-4-6-15(11-14)19-17(20)22-2/h4-12,18H,1-3H3,(H,19,20)/t12-,23-/m0/s1. The quantitative estimate of drug-likeness (QED) is 0.874. The molecule has 2 N–H and O–H groups in total. The van der Waals surface area contributed by atoms with E-state index in [2.05, 4.69) is 15.4 Å². The lowest BCUT2D eigenvalue weighted by Crippen LogP contribution is -2.11. The molecule has 0 unspecified atom stereocenters. The Bertz CT molecular complexity index is 701. The Balaban J connectivity index is 2.07. The van der Waals surface area contributed by atoms with E-state index in [-0.39, 0.29) is 6.04 Å². The van der Waals surface area contributed by atoms with E-state index in [1.54, 1.807) is 12.3 Å². The smallest absolute Gasteiger partial charge is 0.411 e. The summed E-state index contributed by atoms with van der Waals surface area (Å²) in [5.74, 6) is 0. The molecule has 0 aliphatic carbocycles. The number of hydrogen-bond acceptors (Lipinski definition) is 4. The highest BCUT2D eigenvalue weighted by Crippen LogP contribution is 2.22. The number of ether oxygens (including phenoxy) is 1. The lowest BCUT2D eigenvalue weighted by molar-refractivity contribution is 0.187. The summed E-state index contributed by atoms with van der Waals surface area (Å²) >= 11 is 0. The van der Waals surface area contributed by atoms with Gasteiger partial charge in [0.25, 0.3) is 0 Å². The Morgan fingerprint density at radius 2 is 1.78 bits per heavy atom. The van der Waals surface area contributed by atoms with Crippen LogP contribution >= 0.6 is 0 Å². The van der Waals surface area contributed by atoms with E-state index in [0.717, 1.165) is 16.1 Å². The molecule has 2 rings (SSSR count). The second-order valence-electron chi connectivity index (χ2n) is 5.09. The number of rotatable bonds is 5.